The summed E-state index contributed by atoms with van der Waals surface area (Å²) >= 11 is 3.60. The zero-order valence-corrected chi connectivity index (χ0v) is 17.2. The molecule has 2 heterocycles. The molecule has 3 rings (SSSR count). The number of nitrogens with zero attached hydrogens (tertiary/aromatic N) is 1. The fourth-order valence-corrected chi connectivity index (χ4v) is 4.32. The third-order valence-electron chi connectivity index (χ3n) is 4.87. The lowest BCUT2D eigenvalue weighted by molar-refractivity contribution is 0.0206. The van der Waals surface area contributed by atoms with E-state index in [1.807, 2.05) is 13.0 Å². The van der Waals surface area contributed by atoms with Crippen molar-refractivity contribution in [3.63, 3.8) is 0 Å². The highest BCUT2D eigenvalue weighted by atomic mass is 79.9. The number of piperazine rings is 1. The number of halogens is 3. The Labute approximate surface area is 165 Å². The number of hydrogen-bond donors (Lipinski definition) is 2. The van der Waals surface area contributed by atoms with Gasteiger partial charge in [-0.2, -0.15) is 0 Å². The number of hydrogen-bond acceptors (Lipinski definition) is 4. The molecular weight excluding hydrogens is 415 g/mol. The van der Waals surface area contributed by atoms with E-state index in [1.54, 1.807) is 0 Å². The molecule has 0 spiro atoms. The number of rotatable bonds is 3. The summed E-state index contributed by atoms with van der Waals surface area (Å²) in [5.74, 6) is 1.00. The predicted molar refractivity (Wildman–Crippen MR) is 106 cm³/mol. The fourth-order valence-electron chi connectivity index (χ4n) is 3.73. The Hall–Kier alpha value is -0.0400. The van der Waals surface area contributed by atoms with Crippen LogP contribution in [0.2, 0.25) is 0 Å². The Balaban J connectivity index is 0.00000144. The average molecular weight is 442 g/mol. The fraction of sp³-hybridized carbons (Fsp3) is 0.647. The minimum absolute atomic E-state index is 0. The highest BCUT2D eigenvalue weighted by molar-refractivity contribution is 9.10. The van der Waals surface area contributed by atoms with Crippen LogP contribution in [0.3, 0.4) is 0 Å². The van der Waals surface area contributed by atoms with E-state index in [0.29, 0.717) is 11.7 Å². The van der Waals surface area contributed by atoms with Crippen LogP contribution in [-0.4, -0.2) is 49.4 Å². The number of phenols is 1. The van der Waals surface area contributed by atoms with Gasteiger partial charge in [0.05, 0.1) is 0 Å². The van der Waals surface area contributed by atoms with Crippen molar-refractivity contribution in [2.24, 2.45) is 5.92 Å². The summed E-state index contributed by atoms with van der Waals surface area (Å²) in [5, 5.41) is 14.1. The van der Waals surface area contributed by atoms with Crippen molar-refractivity contribution in [2.45, 2.75) is 25.8 Å². The van der Waals surface area contributed by atoms with E-state index < -0.39 is 0 Å². The van der Waals surface area contributed by atoms with Crippen molar-refractivity contribution in [2.75, 3.05) is 39.4 Å². The maximum atomic E-state index is 10.7. The molecule has 2 fully saturated rings. The van der Waals surface area contributed by atoms with E-state index in [1.165, 1.54) is 0 Å². The molecule has 0 amide bonds. The minimum atomic E-state index is 0. The van der Waals surface area contributed by atoms with Crippen molar-refractivity contribution in [1.29, 1.82) is 0 Å². The second-order valence-electron chi connectivity index (χ2n) is 6.34. The quantitative estimate of drug-likeness (QED) is 0.750. The first-order chi connectivity index (χ1) is 10.7. The molecule has 0 aromatic heterocycles. The molecule has 1 atom stereocenters. The SMILES string of the molecule is Cc1cc(Br)cc([C@@H](C2CCOCC2)N2CCNCC2)c1O.Cl.Cl. The van der Waals surface area contributed by atoms with Crippen LogP contribution in [0.1, 0.15) is 30.0 Å². The summed E-state index contributed by atoms with van der Waals surface area (Å²) in [7, 11) is 0. The van der Waals surface area contributed by atoms with E-state index in [2.05, 4.69) is 32.2 Å². The highest BCUT2D eigenvalue weighted by Crippen LogP contribution is 2.41. The smallest absolute Gasteiger partial charge is 0.123 e. The Morgan fingerprint density at radius 2 is 1.83 bits per heavy atom. The van der Waals surface area contributed by atoms with Gasteiger partial charge in [0.1, 0.15) is 5.75 Å². The number of aromatic hydroxyl groups is 1. The second-order valence-corrected chi connectivity index (χ2v) is 7.26. The highest BCUT2D eigenvalue weighted by Gasteiger charge is 2.33. The van der Waals surface area contributed by atoms with E-state index in [0.717, 1.165) is 67.8 Å². The van der Waals surface area contributed by atoms with Gasteiger partial charge < -0.3 is 15.2 Å². The Kier molecular flexibility index (Phi) is 9.34. The lowest BCUT2D eigenvalue weighted by atomic mass is 9.84. The van der Waals surface area contributed by atoms with Crippen molar-refractivity contribution in [3.8, 4) is 5.75 Å². The number of phenolic OH excluding ortho intramolecular Hbond substituents is 1. The van der Waals surface area contributed by atoms with Gasteiger partial charge in [0.25, 0.3) is 0 Å². The van der Waals surface area contributed by atoms with Gasteiger partial charge in [0.15, 0.2) is 0 Å². The summed E-state index contributed by atoms with van der Waals surface area (Å²) < 4.78 is 6.59. The van der Waals surface area contributed by atoms with E-state index in [9.17, 15) is 5.11 Å². The lowest BCUT2D eigenvalue weighted by Crippen LogP contribution is -2.47. The molecular formula is C17H27BrCl2N2O2. The first-order valence-corrected chi connectivity index (χ1v) is 8.97. The minimum Gasteiger partial charge on any atom is -0.507 e. The van der Waals surface area contributed by atoms with E-state index in [4.69, 9.17) is 4.74 Å². The van der Waals surface area contributed by atoms with Crippen molar-refractivity contribution < 1.29 is 9.84 Å². The maximum Gasteiger partial charge on any atom is 0.123 e. The molecule has 1 aromatic carbocycles. The second kappa shape index (κ2) is 10.2. The zero-order valence-electron chi connectivity index (χ0n) is 14.0. The van der Waals surface area contributed by atoms with Crippen LogP contribution >= 0.6 is 40.7 Å². The van der Waals surface area contributed by atoms with Gasteiger partial charge in [0, 0.05) is 55.5 Å². The Morgan fingerprint density at radius 3 is 2.46 bits per heavy atom. The summed E-state index contributed by atoms with van der Waals surface area (Å²) in [6, 6.07) is 4.37. The third kappa shape index (κ3) is 4.99. The Morgan fingerprint density at radius 1 is 1.21 bits per heavy atom. The van der Waals surface area contributed by atoms with Gasteiger partial charge in [-0.05, 0) is 43.4 Å². The monoisotopic (exact) mass is 440 g/mol. The average Bonchev–Trinajstić information content (AvgIpc) is 2.54. The molecule has 7 heteroatoms. The van der Waals surface area contributed by atoms with Crippen LogP contribution in [0.4, 0.5) is 0 Å². The summed E-state index contributed by atoms with van der Waals surface area (Å²) in [5.41, 5.74) is 2.01. The molecule has 2 N–H and O–H groups in total. The molecule has 0 saturated carbocycles. The van der Waals surface area contributed by atoms with Crippen LogP contribution in [-0.2, 0) is 4.74 Å². The van der Waals surface area contributed by atoms with Gasteiger partial charge in [-0.1, -0.05) is 15.9 Å². The normalized spacial score (nSPS) is 20.8. The molecule has 138 valence electrons. The van der Waals surface area contributed by atoms with Gasteiger partial charge in [-0.3, -0.25) is 4.90 Å². The summed E-state index contributed by atoms with van der Waals surface area (Å²) in [6.45, 7) is 7.76. The molecule has 1 aromatic rings. The number of ether oxygens (including phenoxy) is 1. The molecule has 2 aliphatic heterocycles. The molecule has 0 aliphatic carbocycles. The predicted octanol–water partition coefficient (Wildman–Crippen LogP) is 3.68. The van der Waals surface area contributed by atoms with Crippen molar-refractivity contribution >= 4 is 40.7 Å². The standard InChI is InChI=1S/C17H25BrN2O2.2ClH/c1-12-10-14(18)11-15(17(12)21)16(13-2-8-22-9-3-13)20-6-4-19-5-7-20;;/h10-11,13,16,19,21H,2-9H2,1H3;2*1H/t16-;;/m1../s1. The number of nitrogens with one attached hydrogen (secondary N) is 1. The van der Waals surface area contributed by atoms with E-state index in [-0.39, 0.29) is 30.9 Å². The van der Waals surface area contributed by atoms with Crippen LogP contribution in [0, 0.1) is 12.8 Å². The lowest BCUT2D eigenvalue weighted by Gasteiger charge is -2.41. The molecule has 24 heavy (non-hydrogen) atoms. The third-order valence-corrected chi connectivity index (χ3v) is 5.33. The first-order valence-electron chi connectivity index (χ1n) is 8.18. The summed E-state index contributed by atoms with van der Waals surface area (Å²) in [4.78, 5) is 2.54. The Bertz CT molecular complexity index is 504. The van der Waals surface area contributed by atoms with Crippen LogP contribution in [0.15, 0.2) is 16.6 Å². The van der Waals surface area contributed by atoms with Crippen molar-refractivity contribution in [1.82, 2.24) is 10.2 Å². The van der Waals surface area contributed by atoms with Crippen molar-refractivity contribution in [3.05, 3.63) is 27.7 Å². The van der Waals surface area contributed by atoms with Crippen LogP contribution in [0.5, 0.6) is 5.75 Å². The molecule has 0 unspecified atom stereocenters. The largest absolute Gasteiger partial charge is 0.507 e. The van der Waals surface area contributed by atoms with Gasteiger partial charge >= 0.3 is 0 Å². The van der Waals surface area contributed by atoms with Gasteiger partial charge in [-0.15, -0.1) is 24.8 Å². The zero-order chi connectivity index (χ0) is 15.5. The molecule has 0 radical (unpaired) electrons. The topological polar surface area (TPSA) is 44.7 Å². The van der Waals surface area contributed by atoms with Crippen LogP contribution < -0.4 is 5.32 Å². The summed E-state index contributed by atoms with van der Waals surface area (Å²) in [6.07, 6.45) is 2.14. The van der Waals surface area contributed by atoms with E-state index >= 15 is 0 Å². The molecule has 0 bridgehead atoms. The molecule has 4 nitrogen and oxygen atoms in total. The van der Waals surface area contributed by atoms with Gasteiger partial charge in [-0.25, -0.2) is 0 Å². The van der Waals surface area contributed by atoms with Crippen LogP contribution in [0.25, 0.3) is 0 Å². The first kappa shape index (κ1) is 22.0. The number of aryl methyl sites for hydroxylation is 1. The molecule has 2 saturated heterocycles. The molecule has 2 aliphatic rings. The number of benzene rings is 1. The maximum absolute atomic E-state index is 10.7. The van der Waals surface area contributed by atoms with Gasteiger partial charge in [0.2, 0.25) is 0 Å².